The molecule has 0 bridgehead atoms. The standard InChI is InChI=1S/C22H31N5O/c1-18-6-3-4-7-19(18)16-26-11-5-8-20(17-26)25(2)21-9-10-23-22(24-21)27-12-14-28-15-13-27/h3-4,6-7,9-10,20H,5,8,11-17H2,1-2H3. The lowest BCUT2D eigenvalue weighted by atomic mass is 10.0. The van der Waals surface area contributed by atoms with E-state index in [0.717, 1.165) is 51.2 Å². The number of hydrogen-bond acceptors (Lipinski definition) is 6. The van der Waals surface area contributed by atoms with E-state index in [9.17, 15) is 0 Å². The van der Waals surface area contributed by atoms with Gasteiger partial charge < -0.3 is 14.5 Å². The number of anilines is 2. The molecule has 3 heterocycles. The number of nitrogens with zero attached hydrogens (tertiary/aromatic N) is 5. The van der Waals surface area contributed by atoms with Crippen molar-refractivity contribution in [3.05, 3.63) is 47.7 Å². The minimum absolute atomic E-state index is 0.477. The summed E-state index contributed by atoms with van der Waals surface area (Å²) in [4.78, 5) is 16.5. The van der Waals surface area contributed by atoms with Gasteiger partial charge in [0, 0.05) is 45.5 Å². The van der Waals surface area contributed by atoms with Crippen LogP contribution in [0.2, 0.25) is 0 Å². The summed E-state index contributed by atoms with van der Waals surface area (Å²) in [5, 5.41) is 0. The molecule has 0 saturated carbocycles. The topological polar surface area (TPSA) is 44.7 Å². The van der Waals surface area contributed by atoms with Crippen molar-refractivity contribution in [3.63, 3.8) is 0 Å². The Morgan fingerprint density at radius 1 is 1.14 bits per heavy atom. The fourth-order valence-corrected chi connectivity index (χ4v) is 4.16. The van der Waals surface area contributed by atoms with E-state index in [1.807, 2.05) is 12.3 Å². The lowest BCUT2D eigenvalue weighted by Crippen LogP contribution is -2.46. The zero-order valence-electron chi connectivity index (χ0n) is 17.0. The van der Waals surface area contributed by atoms with Gasteiger partial charge in [-0.3, -0.25) is 4.90 Å². The summed E-state index contributed by atoms with van der Waals surface area (Å²) in [6.45, 7) is 8.70. The van der Waals surface area contributed by atoms with E-state index in [2.05, 4.69) is 57.9 Å². The van der Waals surface area contributed by atoms with E-state index in [1.54, 1.807) is 0 Å². The maximum atomic E-state index is 5.45. The highest BCUT2D eigenvalue weighted by atomic mass is 16.5. The first-order valence-corrected chi connectivity index (χ1v) is 10.4. The number of aromatic nitrogens is 2. The lowest BCUT2D eigenvalue weighted by Gasteiger charge is -2.38. The summed E-state index contributed by atoms with van der Waals surface area (Å²) in [6, 6.07) is 11.2. The van der Waals surface area contributed by atoms with Crippen LogP contribution in [0.25, 0.3) is 0 Å². The van der Waals surface area contributed by atoms with Crippen molar-refractivity contribution in [3.8, 4) is 0 Å². The molecule has 0 radical (unpaired) electrons. The molecule has 2 saturated heterocycles. The molecule has 2 aliphatic heterocycles. The first kappa shape index (κ1) is 19.2. The average molecular weight is 382 g/mol. The number of hydrogen-bond donors (Lipinski definition) is 0. The predicted molar refractivity (Wildman–Crippen MR) is 113 cm³/mol. The van der Waals surface area contributed by atoms with Crippen molar-refractivity contribution < 1.29 is 4.74 Å². The Labute approximate surface area is 168 Å². The number of likely N-dealkylation sites (tertiary alicyclic amines) is 1. The Bertz CT molecular complexity index is 777. The van der Waals surface area contributed by atoms with Crippen LogP contribution in [0, 0.1) is 6.92 Å². The highest BCUT2D eigenvalue weighted by Crippen LogP contribution is 2.23. The van der Waals surface area contributed by atoms with Crippen LogP contribution >= 0.6 is 0 Å². The van der Waals surface area contributed by atoms with E-state index in [0.29, 0.717) is 6.04 Å². The Kier molecular flexibility index (Phi) is 6.07. The van der Waals surface area contributed by atoms with Gasteiger partial charge in [-0.25, -0.2) is 4.98 Å². The highest BCUT2D eigenvalue weighted by Gasteiger charge is 2.25. The number of ether oxygens (including phenoxy) is 1. The van der Waals surface area contributed by atoms with Gasteiger partial charge in [0.2, 0.25) is 5.95 Å². The van der Waals surface area contributed by atoms with Gasteiger partial charge in [0.1, 0.15) is 5.82 Å². The first-order valence-electron chi connectivity index (χ1n) is 10.4. The maximum absolute atomic E-state index is 5.45. The fourth-order valence-electron chi connectivity index (χ4n) is 4.16. The second-order valence-corrected chi connectivity index (χ2v) is 7.88. The van der Waals surface area contributed by atoms with Crippen molar-refractivity contribution in [1.29, 1.82) is 0 Å². The van der Waals surface area contributed by atoms with Gasteiger partial charge in [0.25, 0.3) is 0 Å². The maximum Gasteiger partial charge on any atom is 0.227 e. The monoisotopic (exact) mass is 381 g/mol. The minimum Gasteiger partial charge on any atom is -0.378 e. The summed E-state index contributed by atoms with van der Waals surface area (Å²) < 4.78 is 5.45. The molecule has 2 fully saturated rings. The molecule has 6 nitrogen and oxygen atoms in total. The number of piperidine rings is 1. The van der Waals surface area contributed by atoms with E-state index in [-0.39, 0.29) is 0 Å². The molecule has 28 heavy (non-hydrogen) atoms. The van der Waals surface area contributed by atoms with Crippen LogP contribution < -0.4 is 9.80 Å². The molecule has 2 aliphatic rings. The summed E-state index contributed by atoms with van der Waals surface area (Å²) in [5.74, 6) is 1.83. The van der Waals surface area contributed by atoms with Crippen LogP contribution in [0.15, 0.2) is 36.5 Å². The van der Waals surface area contributed by atoms with Crippen LogP contribution in [0.5, 0.6) is 0 Å². The van der Waals surface area contributed by atoms with Gasteiger partial charge in [-0.05, 0) is 43.5 Å². The van der Waals surface area contributed by atoms with Gasteiger partial charge >= 0.3 is 0 Å². The van der Waals surface area contributed by atoms with Crippen molar-refractivity contribution in [2.75, 3.05) is 56.2 Å². The third-order valence-electron chi connectivity index (χ3n) is 5.97. The Morgan fingerprint density at radius 2 is 1.96 bits per heavy atom. The normalized spacial score (nSPS) is 20.9. The van der Waals surface area contributed by atoms with Crippen LogP contribution in [-0.4, -0.2) is 67.4 Å². The average Bonchev–Trinajstić information content (AvgIpc) is 2.76. The second kappa shape index (κ2) is 8.88. The number of likely N-dealkylation sites (N-methyl/N-ethyl adjacent to an activating group) is 1. The molecular weight excluding hydrogens is 350 g/mol. The quantitative estimate of drug-likeness (QED) is 0.794. The highest BCUT2D eigenvalue weighted by molar-refractivity contribution is 5.44. The summed E-state index contributed by atoms with van der Waals surface area (Å²) >= 11 is 0. The molecule has 150 valence electrons. The van der Waals surface area contributed by atoms with Gasteiger partial charge in [-0.1, -0.05) is 24.3 Å². The van der Waals surface area contributed by atoms with Crippen LogP contribution in [0.3, 0.4) is 0 Å². The molecule has 0 amide bonds. The summed E-state index contributed by atoms with van der Waals surface area (Å²) in [5.41, 5.74) is 2.81. The largest absolute Gasteiger partial charge is 0.378 e. The zero-order chi connectivity index (χ0) is 19.3. The van der Waals surface area contributed by atoms with Gasteiger partial charge in [0.05, 0.1) is 13.2 Å². The third-order valence-corrected chi connectivity index (χ3v) is 5.97. The molecule has 2 aromatic rings. The van der Waals surface area contributed by atoms with Crippen molar-refractivity contribution >= 4 is 11.8 Å². The fraction of sp³-hybridized carbons (Fsp3) is 0.545. The predicted octanol–water partition coefficient (Wildman–Crippen LogP) is 2.72. The zero-order valence-corrected chi connectivity index (χ0v) is 17.0. The van der Waals surface area contributed by atoms with Crippen LogP contribution in [0.1, 0.15) is 24.0 Å². The lowest BCUT2D eigenvalue weighted by molar-refractivity contribution is 0.122. The summed E-state index contributed by atoms with van der Waals surface area (Å²) in [7, 11) is 2.17. The van der Waals surface area contributed by atoms with Crippen LogP contribution in [-0.2, 0) is 11.3 Å². The first-order chi connectivity index (χ1) is 13.7. The Hall–Kier alpha value is -2.18. The molecule has 1 unspecified atom stereocenters. The molecule has 1 atom stereocenters. The van der Waals surface area contributed by atoms with E-state index >= 15 is 0 Å². The van der Waals surface area contributed by atoms with Crippen LogP contribution in [0.4, 0.5) is 11.8 Å². The Balaban J connectivity index is 1.42. The summed E-state index contributed by atoms with van der Waals surface area (Å²) in [6.07, 6.45) is 4.32. The molecular formula is C22H31N5O. The molecule has 1 aromatic carbocycles. The van der Waals surface area contributed by atoms with Gasteiger partial charge in [-0.15, -0.1) is 0 Å². The number of morpholine rings is 1. The van der Waals surface area contributed by atoms with Crippen molar-refractivity contribution in [2.24, 2.45) is 0 Å². The molecule has 0 spiro atoms. The van der Waals surface area contributed by atoms with E-state index < -0.39 is 0 Å². The molecule has 1 aromatic heterocycles. The Morgan fingerprint density at radius 3 is 2.79 bits per heavy atom. The van der Waals surface area contributed by atoms with Crippen molar-refractivity contribution in [2.45, 2.75) is 32.4 Å². The van der Waals surface area contributed by atoms with E-state index in [4.69, 9.17) is 9.72 Å². The third kappa shape index (κ3) is 4.45. The minimum atomic E-state index is 0.477. The van der Waals surface area contributed by atoms with E-state index in [1.165, 1.54) is 30.5 Å². The smallest absolute Gasteiger partial charge is 0.227 e. The molecule has 0 N–H and O–H groups in total. The number of aryl methyl sites for hydroxylation is 1. The van der Waals surface area contributed by atoms with Crippen molar-refractivity contribution in [1.82, 2.24) is 14.9 Å². The van der Waals surface area contributed by atoms with Gasteiger partial charge in [-0.2, -0.15) is 4.98 Å². The van der Waals surface area contributed by atoms with Gasteiger partial charge in [0.15, 0.2) is 0 Å². The molecule has 4 rings (SSSR count). The SMILES string of the molecule is Cc1ccccc1CN1CCCC(N(C)c2ccnc(N3CCOCC3)n2)C1. The molecule has 6 heteroatoms. The second-order valence-electron chi connectivity index (χ2n) is 7.88. The molecule has 0 aliphatic carbocycles. The number of benzene rings is 1. The number of rotatable bonds is 5.